The molecule has 1 fully saturated rings. The van der Waals surface area contributed by atoms with Crippen LogP contribution in [0.1, 0.15) is 31.4 Å². The first-order chi connectivity index (χ1) is 11.5. The van der Waals surface area contributed by atoms with Crippen LogP contribution in [0.25, 0.3) is 0 Å². The molecule has 1 aromatic carbocycles. The number of amides is 1. The number of benzene rings is 1. The Balaban J connectivity index is 1.69. The maximum atomic E-state index is 11.6. The number of aliphatic hydroxyl groups is 1. The van der Waals surface area contributed by atoms with Gasteiger partial charge in [-0.2, -0.15) is 0 Å². The van der Waals surface area contributed by atoms with Crippen molar-refractivity contribution >= 4 is 17.5 Å². The third kappa shape index (κ3) is 5.74. The Kier molecular flexibility index (Phi) is 7.49. The third-order valence-electron chi connectivity index (χ3n) is 4.55. The summed E-state index contributed by atoms with van der Waals surface area (Å²) in [5.41, 5.74) is 1.04. The lowest BCUT2D eigenvalue weighted by molar-refractivity contribution is -0.126. The van der Waals surface area contributed by atoms with Crippen LogP contribution in [-0.2, 0) is 9.53 Å². The fourth-order valence-corrected chi connectivity index (χ4v) is 3.14. The lowest BCUT2D eigenvalue weighted by atomic mass is 9.96. The van der Waals surface area contributed by atoms with Crippen molar-refractivity contribution in [3.05, 3.63) is 34.9 Å². The summed E-state index contributed by atoms with van der Waals surface area (Å²) >= 11 is 5.88. The van der Waals surface area contributed by atoms with Crippen molar-refractivity contribution < 1.29 is 14.6 Å². The first-order valence-electron chi connectivity index (χ1n) is 8.48. The lowest BCUT2D eigenvalue weighted by Gasteiger charge is -2.32. The quantitative estimate of drug-likeness (QED) is 0.788. The van der Waals surface area contributed by atoms with Crippen LogP contribution in [0.4, 0.5) is 0 Å². The van der Waals surface area contributed by atoms with Crippen molar-refractivity contribution in [1.82, 2.24) is 10.2 Å². The molecule has 0 saturated carbocycles. The zero-order chi connectivity index (χ0) is 17.5. The van der Waals surface area contributed by atoms with Gasteiger partial charge in [0.2, 0.25) is 5.91 Å². The van der Waals surface area contributed by atoms with Crippen LogP contribution in [-0.4, -0.2) is 55.3 Å². The SMILES string of the molecule is CNC(=O)C1CCN(CC(O)COC(C)c2ccc(Cl)cc2)CC1. The number of carbonyl (C=O) groups is 1. The van der Waals surface area contributed by atoms with Gasteiger partial charge < -0.3 is 20.1 Å². The van der Waals surface area contributed by atoms with Crippen molar-refractivity contribution in [2.24, 2.45) is 5.92 Å². The Morgan fingerprint density at radius 3 is 2.58 bits per heavy atom. The van der Waals surface area contributed by atoms with Crippen LogP contribution in [0.2, 0.25) is 5.02 Å². The average molecular weight is 355 g/mol. The smallest absolute Gasteiger partial charge is 0.222 e. The van der Waals surface area contributed by atoms with Gasteiger partial charge >= 0.3 is 0 Å². The Labute approximate surface area is 148 Å². The Bertz CT molecular complexity index is 516. The highest BCUT2D eigenvalue weighted by Crippen LogP contribution is 2.20. The van der Waals surface area contributed by atoms with Crippen LogP contribution in [0.15, 0.2) is 24.3 Å². The first-order valence-corrected chi connectivity index (χ1v) is 8.86. The molecule has 6 heteroatoms. The summed E-state index contributed by atoms with van der Waals surface area (Å²) in [6.07, 6.45) is 1.07. The molecule has 1 amide bonds. The number of ether oxygens (including phenoxy) is 1. The van der Waals surface area contributed by atoms with Crippen LogP contribution < -0.4 is 5.32 Å². The minimum Gasteiger partial charge on any atom is -0.389 e. The molecule has 5 nitrogen and oxygen atoms in total. The van der Waals surface area contributed by atoms with Crippen molar-refractivity contribution in [2.45, 2.75) is 32.0 Å². The van der Waals surface area contributed by atoms with Crippen molar-refractivity contribution in [3.8, 4) is 0 Å². The molecule has 134 valence electrons. The fourth-order valence-electron chi connectivity index (χ4n) is 3.02. The standard InChI is InChI=1S/C18H27ClN2O3/c1-13(14-3-5-16(19)6-4-14)24-12-17(22)11-21-9-7-15(8-10-21)18(23)20-2/h3-6,13,15,17,22H,7-12H2,1-2H3,(H,20,23). The van der Waals surface area contributed by atoms with E-state index >= 15 is 0 Å². The minimum atomic E-state index is -0.531. The molecule has 1 aliphatic rings. The normalized spacial score (nSPS) is 19.0. The van der Waals surface area contributed by atoms with E-state index in [0.717, 1.165) is 31.5 Å². The summed E-state index contributed by atoms with van der Waals surface area (Å²) < 4.78 is 5.76. The highest BCUT2D eigenvalue weighted by atomic mass is 35.5. The van der Waals surface area contributed by atoms with Crippen LogP contribution >= 0.6 is 11.6 Å². The summed E-state index contributed by atoms with van der Waals surface area (Å²) in [4.78, 5) is 13.8. The number of carbonyl (C=O) groups excluding carboxylic acids is 1. The van der Waals surface area contributed by atoms with Gasteiger partial charge in [0.25, 0.3) is 0 Å². The zero-order valence-electron chi connectivity index (χ0n) is 14.4. The number of β-amino-alcohol motifs (C(OH)–C–C–N with tert-alkyl or cyclic N) is 1. The van der Waals surface area contributed by atoms with E-state index in [2.05, 4.69) is 10.2 Å². The van der Waals surface area contributed by atoms with E-state index in [1.54, 1.807) is 7.05 Å². The summed E-state index contributed by atoms with van der Waals surface area (Å²) in [5, 5.41) is 13.6. The maximum absolute atomic E-state index is 11.6. The van der Waals surface area contributed by atoms with E-state index in [4.69, 9.17) is 16.3 Å². The molecule has 1 saturated heterocycles. The average Bonchev–Trinajstić information content (AvgIpc) is 2.60. The molecule has 0 radical (unpaired) electrons. The minimum absolute atomic E-state index is 0.0871. The van der Waals surface area contributed by atoms with Gasteiger partial charge in [0, 0.05) is 24.5 Å². The van der Waals surface area contributed by atoms with E-state index in [1.165, 1.54) is 0 Å². The topological polar surface area (TPSA) is 61.8 Å². The van der Waals surface area contributed by atoms with E-state index in [1.807, 2.05) is 31.2 Å². The molecule has 0 bridgehead atoms. The summed E-state index contributed by atoms with van der Waals surface area (Å²) in [7, 11) is 1.68. The van der Waals surface area contributed by atoms with Gasteiger partial charge in [0.15, 0.2) is 0 Å². The van der Waals surface area contributed by atoms with E-state index in [0.29, 0.717) is 18.2 Å². The van der Waals surface area contributed by atoms with Gasteiger partial charge in [0.1, 0.15) is 0 Å². The second kappa shape index (κ2) is 9.37. The predicted octanol–water partition coefficient (Wildman–Crippen LogP) is 2.24. The monoisotopic (exact) mass is 354 g/mol. The number of nitrogens with one attached hydrogen (secondary N) is 1. The summed E-state index contributed by atoms with van der Waals surface area (Å²) in [6, 6.07) is 7.54. The molecule has 2 unspecified atom stereocenters. The number of aliphatic hydroxyl groups excluding tert-OH is 1. The zero-order valence-corrected chi connectivity index (χ0v) is 15.1. The molecule has 2 N–H and O–H groups in total. The summed E-state index contributed by atoms with van der Waals surface area (Å²) in [5.74, 6) is 0.222. The number of halogens is 1. The molecule has 2 rings (SSSR count). The van der Waals surface area contributed by atoms with Crippen molar-refractivity contribution in [3.63, 3.8) is 0 Å². The molecular weight excluding hydrogens is 328 g/mol. The number of hydrogen-bond acceptors (Lipinski definition) is 4. The molecule has 1 aliphatic heterocycles. The van der Waals surface area contributed by atoms with E-state index in [-0.39, 0.29) is 17.9 Å². The molecular formula is C18H27ClN2O3. The molecule has 0 spiro atoms. The number of piperidine rings is 1. The van der Waals surface area contributed by atoms with Crippen LogP contribution in [0.3, 0.4) is 0 Å². The number of likely N-dealkylation sites (tertiary alicyclic amines) is 1. The largest absolute Gasteiger partial charge is 0.389 e. The molecule has 1 aromatic rings. The van der Waals surface area contributed by atoms with Crippen molar-refractivity contribution in [1.29, 1.82) is 0 Å². The second-order valence-electron chi connectivity index (χ2n) is 6.37. The highest BCUT2D eigenvalue weighted by molar-refractivity contribution is 6.30. The van der Waals surface area contributed by atoms with Crippen molar-refractivity contribution in [2.75, 3.05) is 33.3 Å². The fraction of sp³-hybridized carbons (Fsp3) is 0.611. The summed E-state index contributed by atoms with van der Waals surface area (Å²) in [6.45, 7) is 4.50. The molecule has 24 heavy (non-hydrogen) atoms. The molecule has 0 aromatic heterocycles. The molecule has 2 atom stereocenters. The molecule has 0 aliphatic carbocycles. The first kappa shape index (κ1) is 19.2. The van der Waals surface area contributed by atoms with Crippen LogP contribution in [0.5, 0.6) is 0 Å². The third-order valence-corrected chi connectivity index (χ3v) is 4.80. The van der Waals surface area contributed by atoms with Gasteiger partial charge in [-0.25, -0.2) is 0 Å². The van der Waals surface area contributed by atoms with Gasteiger partial charge in [-0.1, -0.05) is 23.7 Å². The number of hydrogen-bond donors (Lipinski definition) is 2. The van der Waals surface area contributed by atoms with E-state index in [9.17, 15) is 9.90 Å². The Morgan fingerprint density at radius 1 is 1.38 bits per heavy atom. The predicted molar refractivity (Wildman–Crippen MR) is 95.1 cm³/mol. The Morgan fingerprint density at radius 2 is 2.00 bits per heavy atom. The highest BCUT2D eigenvalue weighted by Gasteiger charge is 2.25. The Hall–Kier alpha value is -1.14. The van der Waals surface area contributed by atoms with Gasteiger partial charge in [-0.15, -0.1) is 0 Å². The number of nitrogens with zero attached hydrogens (tertiary/aromatic N) is 1. The van der Waals surface area contributed by atoms with Crippen LogP contribution in [0, 0.1) is 5.92 Å². The molecule has 1 heterocycles. The van der Waals surface area contributed by atoms with Gasteiger partial charge in [-0.05, 0) is 50.6 Å². The maximum Gasteiger partial charge on any atom is 0.222 e. The second-order valence-corrected chi connectivity index (χ2v) is 6.81. The number of rotatable bonds is 7. The van der Waals surface area contributed by atoms with Gasteiger partial charge in [-0.3, -0.25) is 4.79 Å². The lowest BCUT2D eigenvalue weighted by Crippen LogP contribution is -2.43. The van der Waals surface area contributed by atoms with Gasteiger partial charge in [0.05, 0.1) is 18.8 Å². The van der Waals surface area contributed by atoms with E-state index < -0.39 is 6.10 Å².